The molecule has 1 aromatic rings. The lowest BCUT2D eigenvalue weighted by atomic mass is 10.2. The fraction of sp³-hybridized carbons (Fsp3) is 0.714. The van der Waals surface area contributed by atoms with E-state index < -0.39 is 0 Å². The third-order valence-electron chi connectivity index (χ3n) is 4.03. The van der Waals surface area contributed by atoms with Crippen LogP contribution in [0.4, 0.5) is 11.8 Å². The molecule has 1 atom stereocenters. The maximum Gasteiger partial charge on any atom is 0.229 e. The van der Waals surface area contributed by atoms with E-state index in [4.69, 9.17) is 16.6 Å². The molecule has 1 aliphatic carbocycles. The largest absolute Gasteiger partial charge is 0.369 e. The summed E-state index contributed by atoms with van der Waals surface area (Å²) in [5, 5.41) is 7.40. The summed E-state index contributed by atoms with van der Waals surface area (Å²) in [6.07, 6.45) is 4.66. The van der Waals surface area contributed by atoms with Gasteiger partial charge >= 0.3 is 0 Å². The van der Waals surface area contributed by atoms with Gasteiger partial charge in [0.25, 0.3) is 0 Å². The minimum Gasteiger partial charge on any atom is -0.369 e. The first kappa shape index (κ1) is 15.2. The van der Waals surface area contributed by atoms with Crippen molar-refractivity contribution in [2.45, 2.75) is 30.7 Å². The predicted molar refractivity (Wildman–Crippen MR) is 89.7 cm³/mol. The van der Waals surface area contributed by atoms with Crippen LogP contribution in [0.3, 0.4) is 0 Å². The van der Waals surface area contributed by atoms with Gasteiger partial charge in [0, 0.05) is 32.2 Å². The number of piperazine rings is 1. The minimum absolute atomic E-state index is 0.381. The van der Waals surface area contributed by atoms with Gasteiger partial charge in [0.2, 0.25) is 5.95 Å². The summed E-state index contributed by atoms with van der Waals surface area (Å²) in [6.45, 7) is 6.00. The first-order valence-corrected chi connectivity index (χ1v) is 9.12. The Bertz CT molecular complexity index is 508. The van der Waals surface area contributed by atoms with Gasteiger partial charge in [-0.25, -0.2) is 0 Å². The van der Waals surface area contributed by atoms with E-state index in [-0.39, 0.29) is 0 Å². The molecule has 1 saturated carbocycles. The first-order chi connectivity index (χ1) is 10.2. The molecule has 3 rings (SSSR count). The van der Waals surface area contributed by atoms with Gasteiger partial charge in [-0.3, -0.25) is 0 Å². The lowest BCUT2D eigenvalue weighted by molar-refractivity contribution is 0.493. The van der Waals surface area contributed by atoms with E-state index >= 15 is 0 Å². The van der Waals surface area contributed by atoms with Gasteiger partial charge in [0.05, 0.1) is 4.90 Å². The molecule has 0 radical (unpaired) electrons. The topological polar surface area (TPSA) is 53.1 Å². The normalized spacial score (nSPS) is 22.4. The van der Waals surface area contributed by atoms with E-state index in [9.17, 15) is 0 Å². The van der Waals surface area contributed by atoms with Gasteiger partial charge < -0.3 is 15.5 Å². The Kier molecular flexibility index (Phi) is 4.76. The molecule has 2 heterocycles. The second-order valence-corrected chi connectivity index (χ2v) is 6.94. The fourth-order valence-electron chi connectivity index (χ4n) is 2.54. The van der Waals surface area contributed by atoms with Crippen molar-refractivity contribution in [1.82, 2.24) is 15.3 Å². The number of hydrogen-bond donors (Lipinski definition) is 2. The molecule has 21 heavy (non-hydrogen) atoms. The van der Waals surface area contributed by atoms with Crippen molar-refractivity contribution >= 4 is 35.1 Å². The van der Waals surface area contributed by atoms with E-state index in [0.29, 0.717) is 11.2 Å². The number of anilines is 2. The lowest BCUT2D eigenvalue weighted by Gasteiger charge is -2.34. The predicted octanol–water partition coefficient (Wildman–Crippen LogP) is 2.47. The third kappa shape index (κ3) is 3.55. The van der Waals surface area contributed by atoms with Crippen LogP contribution in [0.2, 0.25) is 5.15 Å². The number of rotatable bonds is 5. The highest BCUT2D eigenvalue weighted by atomic mass is 35.5. The van der Waals surface area contributed by atoms with Gasteiger partial charge in [0.15, 0.2) is 0 Å². The monoisotopic (exact) mass is 327 g/mol. The summed E-state index contributed by atoms with van der Waals surface area (Å²) >= 11 is 7.98. The average molecular weight is 328 g/mol. The Morgan fingerprint density at radius 1 is 1.43 bits per heavy atom. The van der Waals surface area contributed by atoms with Crippen LogP contribution in [0.5, 0.6) is 0 Å². The summed E-state index contributed by atoms with van der Waals surface area (Å²) in [5.74, 6) is 2.43. The molecule has 1 saturated heterocycles. The number of nitrogens with one attached hydrogen (secondary N) is 2. The zero-order valence-corrected chi connectivity index (χ0v) is 14.1. The van der Waals surface area contributed by atoms with Crippen molar-refractivity contribution in [2.75, 3.05) is 42.7 Å². The number of nitrogens with zero attached hydrogens (tertiary/aromatic N) is 3. The van der Waals surface area contributed by atoms with Crippen molar-refractivity contribution < 1.29 is 0 Å². The van der Waals surface area contributed by atoms with Crippen LogP contribution in [-0.4, -0.2) is 48.4 Å². The molecule has 2 aliphatic rings. The van der Waals surface area contributed by atoms with Crippen molar-refractivity contribution in [3.05, 3.63) is 5.15 Å². The molecular formula is C14H22ClN5S. The van der Waals surface area contributed by atoms with Gasteiger partial charge in [-0.05, 0) is 31.9 Å². The highest BCUT2D eigenvalue weighted by Gasteiger charge is 2.25. The van der Waals surface area contributed by atoms with Crippen LogP contribution >= 0.6 is 23.4 Å². The molecule has 1 unspecified atom stereocenters. The van der Waals surface area contributed by atoms with Crippen LogP contribution in [0.1, 0.15) is 19.8 Å². The Morgan fingerprint density at radius 3 is 2.90 bits per heavy atom. The summed E-state index contributed by atoms with van der Waals surface area (Å²) < 4.78 is 0. The average Bonchev–Trinajstić information content (AvgIpc) is 3.29. The molecule has 116 valence electrons. The molecular weight excluding hydrogens is 306 g/mol. The summed E-state index contributed by atoms with van der Waals surface area (Å²) in [7, 11) is 0. The summed E-state index contributed by atoms with van der Waals surface area (Å²) in [6, 6.07) is 0.381. The molecule has 0 spiro atoms. The van der Waals surface area contributed by atoms with E-state index in [1.54, 1.807) is 11.8 Å². The second-order valence-electron chi connectivity index (χ2n) is 5.77. The Labute approximate surface area is 135 Å². The lowest BCUT2D eigenvalue weighted by Crippen LogP contribution is -2.50. The third-order valence-corrected chi connectivity index (χ3v) is 5.21. The van der Waals surface area contributed by atoms with Crippen LogP contribution in [0.25, 0.3) is 0 Å². The molecule has 0 aromatic carbocycles. The van der Waals surface area contributed by atoms with Gasteiger partial charge in [-0.1, -0.05) is 11.6 Å². The number of hydrogen-bond acceptors (Lipinski definition) is 6. The molecule has 5 nitrogen and oxygen atoms in total. The molecule has 7 heteroatoms. The molecule has 1 aromatic heterocycles. The van der Waals surface area contributed by atoms with Crippen LogP contribution in [0, 0.1) is 5.92 Å². The molecule has 1 aliphatic heterocycles. The van der Waals surface area contributed by atoms with E-state index in [1.807, 2.05) is 6.26 Å². The number of halogens is 1. The number of thioether (sulfide) groups is 1. The summed E-state index contributed by atoms with van der Waals surface area (Å²) in [4.78, 5) is 12.4. The highest BCUT2D eigenvalue weighted by molar-refractivity contribution is 7.98. The number of aromatic nitrogens is 2. The van der Waals surface area contributed by atoms with Crippen molar-refractivity contribution in [1.29, 1.82) is 0 Å². The summed E-state index contributed by atoms with van der Waals surface area (Å²) in [5.41, 5.74) is 0. The van der Waals surface area contributed by atoms with Crippen LogP contribution in [-0.2, 0) is 0 Å². The maximum atomic E-state index is 6.38. The molecule has 2 fully saturated rings. The van der Waals surface area contributed by atoms with E-state index in [0.717, 1.165) is 48.8 Å². The highest BCUT2D eigenvalue weighted by Crippen LogP contribution is 2.34. The van der Waals surface area contributed by atoms with Gasteiger partial charge in [-0.15, -0.1) is 11.8 Å². The first-order valence-electron chi connectivity index (χ1n) is 7.51. The maximum absolute atomic E-state index is 6.38. The van der Waals surface area contributed by atoms with Crippen LogP contribution in [0.15, 0.2) is 4.90 Å². The molecule has 0 bridgehead atoms. The zero-order chi connectivity index (χ0) is 14.8. The van der Waals surface area contributed by atoms with Crippen LogP contribution < -0.4 is 15.5 Å². The quantitative estimate of drug-likeness (QED) is 0.640. The Morgan fingerprint density at radius 2 is 2.24 bits per heavy atom. The SMILES string of the molecule is CSc1c(Cl)nc(N2CCNCC2C)nc1NCC1CC1. The fourth-order valence-corrected chi connectivity index (χ4v) is 3.46. The van der Waals surface area contributed by atoms with Crippen molar-refractivity contribution in [3.63, 3.8) is 0 Å². The van der Waals surface area contributed by atoms with Gasteiger partial charge in [-0.2, -0.15) is 9.97 Å². The Hall–Kier alpha value is -0.720. The smallest absolute Gasteiger partial charge is 0.229 e. The van der Waals surface area contributed by atoms with Crippen molar-refractivity contribution in [3.8, 4) is 0 Å². The van der Waals surface area contributed by atoms with E-state index in [1.165, 1.54) is 12.8 Å². The Balaban J connectivity index is 1.85. The second kappa shape index (κ2) is 6.58. The van der Waals surface area contributed by atoms with Crippen molar-refractivity contribution in [2.24, 2.45) is 5.92 Å². The zero-order valence-electron chi connectivity index (χ0n) is 12.5. The molecule has 2 N–H and O–H groups in total. The van der Waals surface area contributed by atoms with E-state index in [2.05, 4.69) is 27.4 Å². The standard InChI is InChI=1S/C14H22ClN5S/c1-9-7-16-5-6-20(9)14-18-12(15)11(21-2)13(19-14)17-8-10-3-4-10/h9-10,16H,3-8H2,1-2H3,(H,17,18,19). The molecule has 0 amide bonds. The van der Waals surface area contributed by atoms with Gasteiger partial charge in [0.1, 0.15) is 11.0 Å². The minimum atomic E-state index is 0.381.